The maximum atomic E-state index is 13.9. The van der Waals surface area contributed by atoms with Crippen molar-refractivity contribution in [2.75, 3.05) is 52.8 Å². The monoisotopic (exact) mass is 1930 g/mol. The topological polar surface area (TPSA) is 425 Å². The first-order valence-electron chi connectivity index (χ1n) is 44.2. The third-order valence-electron chi connectivity index (χ3n) is 29.4. The van der Waals surface area contributed by atoms with Crippen LogP contribution in [0.1, 0.15) is 138 Å². The van der Waals surface area contributed by atoms with Crippen LogP contribution in [0, 0.1) is 90.8 Å². The summed E-state index contributed by atoms with van der Waals surface area (Å²) in [4.78, 5) is 59.5. The molecule has 6 bridgehead atoms. The van der Waals surface area contributed by atoms with Gasteiger partial charge in [-0.3, -0.25) is 43.1 Å². The van der Waals surface area contributed by atoms with E-state index < -0.39 is 110 Å². The second kappa shape index (κ2) is 40.3. The molecule has 9 aliphatic carbocycles. The Balaban J connectivity index is 0.000000162. The molecule has 6 aromatic rings. The Morgan fingerprint density at radius 2 is 0.701 bits per heavy atom. The van der Waals surface area contributed by atoms with Gasteiger partial charge in [-0.15, -0.1) is 0 Å². The second-order valence-electron chi connectivity index (χ2n) is 39.0. The van der Waals surface area contributed by atoms with Crippen molar-refractivity contribution >= 4 is 100 Å². The van der Waals surface area contributed by atoms with E-state index in [0.29, 0.717) is 93.1 Å². The van der Waals surface area contributed by atoms with Crippen molar-refractivity contribution in [1.29, 1.82) is 0 Å². The number of nitrogens with zero attached hydrogens (tertiary/aromatic N) is 3. The van der Waals surface area contributed by atoms with Gasteiger partial charge >= 0.3 is 7.12 Å². The first-order chi connectivity index (χ1) is 59.6. The number of aliphatic hydroxyl groups excluding tert-OH is 6. The molecule has 34 heteroatoms. The minimum absolute atomic E-state index is 0.0695. The highest BCUT2D eigenvalue weighted by molar-refractivity contribution is 14.1. The van der Waals surface area contributed by atoms with Gasteiger partial charge < -0.3 is 56.6 Å². The molecule has 696 valence electrons. The number of hydrogen-bond acceptors (Lipinski definition) is 23. The molecule has 3 saturated heterocycles. The fourth-order valence-corrected chi connectivity index (χ4v) is 24.5. The van der Waals surface area contributed by atoms with E-state index in [-0.39, 0.29) is 74.2 Å². The molecule has 127 heavy (non-hydrogen) atoms. The van der Waals surface area contributed by atoms with E-state index in [1.807, 2.05) is 78.9 Å². The van der Waals surface area contributed by atoms with Crippen LogP contribution in [0.3, 0.4) is 0 Å². The first-order valence-corrected chi connectivity index (χ1v) is 50.9. The van der Waals surface area contributed by atoms with Crippen LogP contribution < -0.4 is 35.6 Å². The molecule has 3 amide bonds. The summed E-state index contributed by atoms with van der Waals surface area (Å²) in [5.41, 5.74) is 8.65. The summed E-state index contributed by atoms with van der Waals surface area (Å²) < 4.78 is 76.8. The SMILES string of the molecule is CS(=O)(=O)Nc1cccc(B(O)O)c1.C[C@H](O)[C@@H]1[C@H](CO)ON(Cc2cccc(-c3cccc(NS(C)(=O)=O)c3)c2)[C@@H]1C(=O)NC1C[C@H]2C[C@@H]([C@@H]1C)C2(C)C.C[C@H](O)[C@@H]1[C@H](CO)ON(Cc2cccc(-c3cccc(NS(C)(=O)=O)c3)c2)[C@@H]1C(=O)NC1C[C@H]2C[C@@H]([C@@H]1C)C2(C)C.C[C@H](O)[C@@H]1[C@H](CO)ON(Cc2cccc(I)c2)[C@@H]1C(=O)NC1C[C@H]2C[C@@H]([C@@H]1C)C2(C)C. The number of hydrogen-bond donors (Lipinski definition) is 14. The van der Waals surface area contributed by atoms with Crippen molar-refractivity contribution in [3.63, 3.8) is 0 Å². The fraction of sp³-hybridized carbons (Fsp3) is 0.581. The summed E-state index contributed by atoms with van der Waals surface area (Å²) in [6.07, 6.45) is 5.32. The van der Waals surface area contributed by atoms with Gasteiger partial charge in [-0.1, -0.05) is 147 Å². The Kier molecular flexibility index (Phi) is 31.5. The van der Waals surface area contributed by atoms with Gasteiger partial charge in [0.1, 0.15) is 36.4 Å². The van der Waals surface area contributed by atoms with Crippen molar-refractivity contribution in [3.8, 4) is 22.3 Å². The lowest BCUT2D eigenvalue weighted by atomic mass is 9.45. The molecular weight excluding hydrogens is 1800 g/mol. The first kappa shape index (κ1) is 99.2. The zero-order chi connectivity index (χ0) is 92.6. The van der Waals surface area contributed by atoms with Crippen LogP contribution in [-0.4, -0.2) is 217 Å². The van der Waals surface area contributed by atoms with Crippen LogP contribution >= 0.6 is 22.6 Å². The summed E-state index contributed by atoms with van der Waals surface area (Å²) in [7, 11) is -11.7. The molecule has 12 fully saturated rings. The highest BCUT2D eigenvalue weighted by Crippen LogP contribution is 2.64. The fourth-order valence-electron chi connectivity index (χ4n) is 22.3. The van der Waals surface area contributed by atoms with Gasteiger partial charge in [0.15, 0.2) is 0 Å². The highest BCUT2D eigenvalue weighted by atomic mass is 127. The minimum Gasteiger partial charge on any atom is -0.423 e. The van der Waals surface area contributed by atoms with Gasteiger partial charge in [0.05, 0.1) is 76.5 Å². The van der Waals surface area contributed by atoms with Crippen LogP contribution in [0.2, 0.25) is 0 Å². The number of aliphatic hydroxyl groups is 6. The number of fused-ring (bicyclic) bond motifs is 6. The van der Waals surface area contributed by atoms with Crippen molar-refractivity contribution in [2.24, 2.45) is 87.3 Å². The summed E-state index contributed by atoms with van der Waals surface area (Å²) in [6.45, 7) is 25.8. The molecule has 0 radical (unpaired) electrons. The number of carbonyl (C=O) groups is 3. The number of halogens is 1. The van der Waals surface area contributed by atoms with Crippen LogP contribution in [0.5, 0.6) is 0 Å². The molecule has 3 aliphatic heterocycles. The highest BCUT2D eigenvalue weighted by Gasteiger charge is 2.61. The van der Waals surface area contributed by atoms with Crippen molar-refractivity contribution in [2.45, 2.75) is 214 Å². The van der Waals surface area contributed by atoms with Crippen LogP contribution in [0.4, 0.5) is 17.1 Å². The summed E-state index contributed by atoms with van der Waals surface area (Å²) in [5.74, 6) is 2.63. The van der Waals surface area contributed by atoms with E-state index in [1.54, 1.807) is 72.4 Å². The molecule has 14 N–H and O–H groups in total. The van der Waals surface area contributed by atoms with Gasteiger partial charge in [-0.2, -0.15) is 15.2 Å². The van der Waals surface area contributed by atoms with Crippen molar-refractivity contribution < 1.29 is 94.8 Å². The Bertz CT molecular complexity index is 5000. The lowest BCUT2D eigenvalue weighted by Gasteiger charge is -2.62. The van der Waals surface area contributed by atoms with Crippen molar-refractivity contribution in [3.05, 3.63) is 166 Å². The second-order valence-corrected chi connectivity index (χ2v) is 45.5. The lowest BCUT2D eigenvalue weighted by molar-refractivity contribution is -0.183. The Morgan fingerprint density at radius 3 is 0.969 bits per heavy atom. The van der Waals surface area contributed by atoms with E-state index >= 15 is 0 Å². The summed E-state index contributed by atoms with van der Waals surface area (Å²) in [5, 5.41) is 94.3. The maximum absolute atomic E-state index is 13.9. The normalized spacial score (nSPS) is 30.9. The number of carbonyl (C=O) groups excluding carboxylic acids is 3. The van der Waals surface area contributed by atoms with Gasteiger partial charge in [-0.05, 0) is 256 Å². The molecule has 29 nitrogen and oxygen atoms in total. The third kappa shape index (κ3) is 23.1. The summed E-state index contributed by atoms with van der Waals surface area (Å²) >= 11 is 2.27. The molecule has 18 rings (SSSR count). The van der Waals surface area contributed by atoms with Crippen LogP contribution in [0.25, 0.3) is 22.3 Å². The predicted octanol–water partition coefficient (Wildman–Crippen LogP) is 8.46. The molecule has 0 aromatic heterocycles. The predicted molar refractivity (Wildman–Crippen MR) is 497 cm³/mol. The lowest BCUT2D eigenvalue weighted by Crippen LogP contribution is -2.62. The van der Waals surface area contributed by atoms with Crippen LogP contribution in [-0.2, 0) is 78.6 Å². The molecule has 24 atom stereocenters. The van der Waals surface area contributed by atoms with E-state index in [0.717, 1.165) is 80.5 Å². The molecule has 0 spiro atoms. The number of anilines is 3. The summed E-state index contributed by atoms with van der Waals surface area (Å²) in [6, 6.07) is 41.8. The van der Waals surface area contributed by atoms with E-state index in [9.17, 15) is 70.3 Å². The number of rotatable bonds is 27. The molecule has 3 unspecified atom stereocenters. The number of hydroxylamine groups is 6. The minimum atomic E-state index is -3.41. The number of sulfonamides is 3. The van der Waals surface area contributed by atoms with E-state index in [2.05, 4.69) is 121 Å². The van der Waals surface area contributed by atoms with Gasteiger partial charge in [0.2, 0.25) is 47.8 Å². The van der Waals surface area contributed by atoms with Gasteiger partial charge in [-0.25, -0.2) is 25.3 Å². The van der Waals surface area contributed by atoms with Crippen molar-refractivity contribution in [1.82, 2.24) is 31.1 Å². The number of nitrogens with one attached hydrogen (secondary N) is 6. The quantitative estimate of drug-likeness (QED) is 0.0170. The largest absolute Gasteiger partial charge is 0.488 e. The third-order valence-corrected chi connectivity index (χ3v) is 31.9. The Hall–Kier alpha value is -6.79. The van der Waals surface area contributed by atoms with Gasteiger partial charge in [0.25, 0.3) is 0 Å². The maximum Gasteiger partial charge on any atom is 0.488 e. The Labute approximate surface area is 763 Å². The average Bonchev–Trinajstić information content (AvgIpc) is 0.870. The molecular formula is C93H131BIN9O20S3. The number of benzene rings is 6. The van der Waals surface area contributed by atoms with E-state index in [1.165, 1.54) is 43.5 Å². The smallest absolute Gasteiger partial charge is 0.423 e. The number of amides is 3. The Morgan fingerprint density at radius 1 is 0.425 bits per heavy atom. The molecule has 6 aromatic carbocycles. The molecule has 3 heterocycles. The molecule has 9 saturated carbocycles. The van der Waals surface area contributed by atoms with E-state index in [4.69, 9.17) is 24.6 Å². The zero-order valence-electron chi connectivity index (χ0n) is 75.2. The van der Waals surface area contributed by atoms with Gasteiger partial charge in [0, 0.05) is 56.5 Å². The standard InChI is InChI=1S/2C31H43N3O6S.C24H35IN2O4.C7H10BNO4S/c2*1-18-25-14-23(31(25,3)4)15-26(18)32-30(37)29-28(19(2)36)27(17-35)40-34(29)16-20-8-6-9-21(12-20)22-10-7-11-24(13-22)33-41(5,38)39;1-13-18-9-16(24(18,3)4)10-19(13)26-23(30)22-21(14(2)29)20(12-28)31-27(22)11-15-6-5-7-17(25)8-15;1-14(12,13)9-7-4-2-3-6(5-7)8(10)11/h2*6-13,18-19,23,25-29,33,35-36H,14-17H2,1-5H3,(H,32,37);5-8,13-14,16,18-22,28-29H,9-12H2,1-4H3,(H,26,30);2-5,9-11H,1H3/t2*18-,19-,23+,25-,26?,27-,28+,29-;13-,14-,16+,18-,19?,20-,21+,22-;/m000./s1. The zero-order valence-corrected chi connectivity index (χ0v) is 79.8. The molecule has 12 aliphatic rings. The average molecular weight is 1930 g/mol. The van der Waals surface area contributed by atoms with Crippen LogP contribution in [0.15, 0.2) is 146 Å².